The zero-order valence-electron chi connectivity index (χ0n) is 11.0. The van der Waals surface area contributed by atoms with E-state index in [-0.39, 0.29) is 18.7 Å². The number of urea groups is 1. The Kier molecular flexibility index (Phi) is 6.34. The van der Waals surface area contributed by atoms with Crippen LogP contribution in [0.2, 0.25) is 0 Å². The molecular weight excluding hydrogens is 216 g/mol. The number of carbonyl (C=O) groups excluding carboxylic acids is 1. The van der Waals surface area contributed by atoms with Crippen molar-refractivity contribution in [1.82, 2.24) is 10.6 Å². The third kappa shape index (κ3) is 5.91. The average Bonchev–Trinajstić information content (AvgIpc) is 2.28. The van der Waals surface area contributed by atoms with Crippen molar-refractivity contribution in [3.63, 3.8) is 0 Å². The molecule has 4 heteroatoms. The summed E-state index contributed by atoms with van der Waals surface area (Å²) < 4.78 is 0. The van der Waals surface area contributed by atoms with Crippen molar-refractivity contribution in [2.75, 3.05) is 6.61 Å². The molecule has 0 bridgehead atoms. The summed E-state index contributed by atoms with van der Waals surface area (Å²) >= 11 is 0. The van der Waals surface area contributed by atoms with Crippen LogP contribution in [-0.4, -0.2) is 29.8 Å². The van der Waals surface area contributed by atoms with Crippen molar-refractivity contribution >= 4 is 6.03 Å². The number of nitrogens with one attached hydrogen (secondary N) is 2. The molecule has 0 spiro atoms. The molecule has 1 fully saturated rings. The monoisotopic (exact) mass is 242 g/mol. The fourth-order valence-corrected chi connectivity index (χ4v) is 2.41. The Morgan fingerprint density at radius 3 is 2.47 bits per heavy atom. The minimum Gasteiger partial charge on any atom is -0.394 e. The van der Waals surface area contributed by atoms with Crippen LogP contribution in [0.3, 0.4) is 0 Å². The van der Waals surface area contributed by atoms with Crippen LogP contribution in [0.25, 0.3) is 0 Å². The van der Waals surface area contributed by atoms with Crippen LogP contribution in [-0.2, 0) is 0 Å². The van der Waals surface area contributed by atoms with Gasteiger partial charge in [0.25, 0.3) is 0 Å². The normalized spacial score (nSPS) is 19.1. The maximum absolute atomic E-state index is 11.7. The van der Waals surface area contributed by atoms with Gasteiger partial charge in [-0.25, -0.2) is 4.79 Å². The number of amides is 2. The van der Waals surface area contributed by atoms with Crippen molar-refractivity contribution in [2.24, 2.45) is 5.92 Å². The van der Waals surface area contributed by atoms with E-state index in [4.69, 9.17) is 0 Å². The van der Waals surface area contributed by atoms with Crippen LogP contribution in [0.15, 0.2) is 0 Å². The van der Waals surface area contributed by atoms with Crippen molar-refractivity contribution in [2.45, 2.75) is 64.5 Å². The summed E-state index contributed by atoms with van der Waals surface area (Å²) in [6.07, 6.45) is 6.69. The first-order valence-electron chi connectivity index (χ1n) is 6.79. The molecule has 1 saturated carbocycles. The van der Waals surface area contributed by atoms with Crippen LogP contribution < -0.4 is 10.6 Å². The average molecular weight is 242 g/mol. The molecule has 0 radical (unpaired) electrons. The van der Waals surface area contributed by atoms with Gasteiger partial charge < -0.3 is 15.7 Å². The molecule has 1 aliphatic carbocycles. The van der Waals surface area contributed by atoms with Crippen LogP contribution in [0.5, 0.6) is 0 Å². The molecule has 0 heterocycles. The first kappa shape index (κ1) is 14.3. The molecule has 1 unspecified atom stereocenters. The van der Waals surface area contributed by atoms with Crippen molar-refractivity contribution < 1.29 is 9.90 Å². The highest BCUT2D eigenvalue weighted by Crippen LogP contribution is 2.17. The molecular formula is C13H26N2O2. The molecule has 1 aliphatic rings. The van der Waals surface area contributed by atoms with E-state index in [9.17, 15) is 9.90 Å². The molecule has 0 saturated heterocycles. The Balaban J connectivity index is 2.26. The zero-order chi connectivity index (χ0) is 12.7. The molecule has 1 atom stereocenters. The first-order chi connectivity index (χ1) is 8.11. The highest BCUT2D eigenvalue weighted by Gasteiger charge is 2.18. The van der Waals surface area contributed by atoms with E-state index in [0.29, 0.717) is 12.0 Å². The highest BCUT2D eigenvalue weighted by molar-refractivity contribution is 5.74. The van der Waals surface area contributed by atoms with E-state index >= 15 is 0 Å². The molecule has 100 valence electrons. The fourth-order valence-electron chi connectivity index (χ4n) is 2.41. The standard InChI is InChI=1S/C13H26N2O2/c1-10(2)8-12(9-16)15-13(17)14-11-6-4-3-5-7-11/h10-12,16H,3-9H2,1-2H3,(H2,14,15,17). The minimum atomic E-state index is -0.128. The Morgan fingerprint density at radius 2 is 1.94 bits per heavy atom. The lowest BCUT2D eigenvalue weighted by atomic mass is 9.96. The molecule has 3 N–H and O–H groups in total. The van der Waals surface area contributed by atoms with E-state index in [1.165, 1.54) is 19.3 Å². The van der Waals surface area contributed by atoms with E-state index in [1.54, 1.807) is 0 Å². The van der Waals surface area contributed by atoms with Gasteiger partial charge in [-0.1, -0.05) is 33.1 Å². The topological polar surface area (TPSA) is 61.4 Å². The molecule has 2 amide bonds. The Bertz CT molecular complexity index is 225. The Hall–Kier alpha value is -0.770. The SMILES string of the molecule is CC(C)CC(CO)NC(=O)NC1CCCCC1. The van der Waals surface area contributed by atoms with Gasteiger partial charge in [0.05, 0.1) is 12.6 Å². The van der Waals surface area contributed by atoms with Gasteiger partial charge in [0.15, 0.2) is 0 Å². The quantitative estimate of drug-likeness (QED) is 0.690. The van der Waals surface area contributed by atoms with Gasteiger partial charge in [-0.15, -0.1) is 0 Å². The molecule has 0 aromatic heterocycles. The van der Waals surface area contributed by atoms with E-state index in [0.717, 1.165) is 19.3 Å². The molecule has 1 rings (SSSR count). The third-order valence-electron chi connectivity index (χ3n) is 3.25. The van der Waals surface area contributed by atoms with E-state index in [1.807, 2.05) is 0 Å². The van der Waals surface area contributed by atoms with Crippen LogP contribution >= 0.6 is 0 Å². The van der Waals surface area contributed by atoms with Crippen molar-refractivity contribution in [1.29, 1.82) is 0 Å². The van der Waals surface area contributed by atoms with Gasteiger partial charge in [-0.05, 0) is 25.2 Å². The second-order valence-electron chi connectivity index (χ2n) is 5.46. The largest absolute Gasteiger partial charge is 0.394 e. The van der Waals surface area contributed by atoms with E-state index in [2.05, 4.69) is 24.5 Å². The van der Waals surface area contributed by atoms with Gasteiger partial charge in [0, 0.05) is 6.04 Å². The molecule has 17 heavy (non-hydrogen) atoms. The smallest absolute Gasteiger partial charge is 0.315 e. The van der Waals surface area contributed by atoms with Crippen LogP contribution in [0, 0.1) is 5.92 Å². The lowest BCUT2D eigenvalue weighted by Gasteiger charge is -2.25. The van der Waals surface area contributed by atoms with E-state index < -0.39 is 0 Å². The second-order valence-corrected chi connectivity index (χ2v) is 5.46. The molecule has 0 aromatic rings. The van der Waals surface area contributed by atoms with Gasteiger partial charge in [0.1, 0.15) is 0 Å². The van der Waals surface area contributed by atoms with Gasteiger partial charge in [-0.2, -0.15) is 0 Å². The summed E-state index contributed by atoms with van der Waals surface area (Å²) in [6.45, 7) is 4.18. The number of hydrogen-bond acceptors (Lipinski definition) is 2. The summed E-state index contributed by atoms with van der Waals surface area (Å²) in [5.74, 6) is 0.474. The highest BCUT2D eigenvalue weighted by atomic mass is 16.3. The van der Waals surface area contributed by atoms with Crippen molar-refractivity contribution in [3.8, 4) is 0 Å². The van der Waals surface area contributed by atoms with Crippen molar-refractivity contribution in [3.05, 3.63) is 0 Å². The minimum absolute atomic E-state index is 0.0102. The zero-order valence-corrected chi connectivity index (χ0v) is 11.0. The predicted octanol–water partition coefficient (Wildman–Crippen LogP) is 2.03. The van der Waals surface area contributed by atoms with Gasteiger partial charge in [0.2, 0.25) is 0 Å². The predicted molar refractivity (Wildman–Crippen MR) is 68.9 cm³/mol. The lowest BCUT2D eigenvalue weighted by Crippen LogP contribution is -2.48. The maximum Gasteiger partial charge on any atom is 0.315 e. The number of aliphatic hydroxyl groups excluding tert-OH is 1. The van der Waals surface area contributed by atoms with Gasteiger partial charge in [-0.3, -0.25) is 0 Å². The van der Waals surface area contributed by atoms with Gasteiger partial charge >= 0.3 is 6.03 Å². The van der Waals surface area contributed by atoms with Crippen LogP contribution in [0.1, 0.15) is 52.4 Å². The molecule has 4 nitrogen and oxygen atoms in total. The number of hydrogen-bond donors (Lipinski definition) is 3. The number of aliphatic hydroxyl groups is 1. The number of rotatable bonds is 5. The van der Waals surface area contributed by atoms with Crippen LogP contribution in [0.4, 0.5) is 4.79 Å². The summed E-state index contributed by atoms with van der Waals surface area (Å²) in [7, 11) is 0. The maximum atomic E-state index is 11.7. The summed E-state index contributed by atoms with van der Waals surface area (Å²) in [5.41, 5.74) is 0. The number of carbonyl (C=O) groups is 1. The summed E-state index contributed by atoms with van der Waals surface area (Å²) in [6, 6.07) is 0.0670. The third-order valence-corrected chi connectivity index (χ3v) is 3.25. The Morgan fingerprint density at radius 1 is 1.29 bits per heavy atom. The summed E-state index contributed by atoms with van der Waals surface area (Å²) in [4.78, 5) is 11.7. The second kappa shape index (κ2) is 7.54. The Labute approximate surface area is 104 Å². The lowest BCUT2D eigenvalue weighted by molar-refractivity contribution is 0.202. The summed E-state index contributed by atoms with van der Waals surface area (Å²) in [5, 5.41) is 15.0. The fraction of sp³-hybridized carbons (Fsp3) is 0.923. The molecule has 0 aromatic carbocycles. The first-order valence-corrected chi connectivity index (χ1v) is 6.79. The molecule has 0 aliphatic heterocycles.